The average molecular weight is 255 g/mol. The molecule has 0 aliphatic heterocycles. The fourth-order valence-corrected chi connectivity index (χ4v) is 1.79. The minimum Gasteiger partial charge on any atom is -0.383 e. The van der Waals surface area contributed by atoms with Crippen molar-refractivity contribution in [1.82, 2.24) is 15.3 Å². The molecule has 104 valence electrons. The number of aromatic amines is 1. The maximum Gasteiger partial charge on any atom is 0.135 e. The van der Waals surface area contributed by atoms with Crippen LogP contribution in [0.2, 0.25) is 0 Å². The van der Waals surface area contributed by atoms with E-state index in [1.54, 1.807) is 7.11 Å². The molecule has 0 bridgehead atoms. The smallest absolute Gasteiger partial charge is 0.135 e. The van der Waals surface area contributed by atoms with Crippen molar-refractivity contribution in [3.05, 3.63) is 17.7 Å². The van der Waals surface area contributed by atoms with E-state index in [0.29, 0.717) is 6.61 Å². The lowest BCUT2D eigenvalue weighted by atomic mass is 10.2. The number of nitrogens with one attached hydrogen (secondary N) is 2. The SMILES string of the molecule is CCCC(OCC)c1ncc(CNCCOC)[nH]1. The van der Waals surface area contributed by atoms with Crippen LogP contribution in [0.3, 0.4) is 0 Å². The second kappa shape index (κ2) is 9.08. The summed E-state index contributed by atoms with van der Waals surface area (Å²) >= 11 is 0. The molecule has 1 heterocycles. The largest absolute Gasteiger partial charge is 0.383 e. The van der Waals surface area contributed by atoms with Crippen molar-refractivity contribution < 1.29 is 9.47 Å². The quantitative estimate of drug-likeness (QED) is 0.628. The normalized spacial score (nSPS) is 12.8. The second-order valence-electron chi connectivity index (χ2n) is 4.20. The molecule has 0 saturated heterocycles. The molecule has 1 atom stereocenters. The van der Waals surface area contributed by atoms with Crippen molar-refractivity contribution >= 4 is 0 Å². The van der Waals surface area contributed by atoms with Gasteiger partial charge in [0.15, 0.2) is 0 Å². The number of H-pyrrole nitrogens is 1. The van der Waals surface area contributed by atoms with Crippen molar-refractivity contribution in [2.24, 2.45) is 0 Å². The predicted molar refractivity (Wildman–Crippen MR) is 71.4 cm³/mol. The maximum absolute atomic E-state index is 5.69. The van der Waals surface area contributed by atoms with Gasteiger partial charge in [0.2, 0.25) is 0 Å². The van der Waals surface area contributed by atoms with Gasteiger partial charge in [-0.1, -0.05) is 13.3 Å². The lowest BCUT2D eigenvalue weighted by Gasteiger charge is -2.13. The van der Waals surface area contributed by atoms with Crippen molar-refractivity contribution in [2.45, 2.75) is 39.3 Å². The third-order valence-corrected chi connectivity index (χ3v) is 2.67. The van der Waals surface area contributed by atoms with Crippen LogP contribution in [0.5, 0.6) is 0 Å². The summed E-state index contributed by atoms with van der Waals surface area (Å²) < 4.78 is 10.7. The summed E-state index contributed by atoms with van der Waals surface area (Å²) in [6.07, 6.45) is 4.05. The van der Waals surface area contributed by atoms with Gasteiger partial charge in [-0.05, 0) is 13.3 Å². The third kappa shape index (κ3) is 5.16. The van der Waals surface area contributed by atoms with Gasteiger partial charge in [-0.15, -0.1) is 0 Å². The first kappa shape index (κ1) is 15.1. The Kier molecular flexibility index (Phi) is 7.64. The molecule has 1 aromatic rings. The fraction of sp³-hybridized carbons (Fsp3) is 0.769. The molecule has 0 aliphatic carbocycles. The summed E-state index contributed by atoms with van der Waals surface area (Å²) in [5.41, 5.74) is 1.09. The first-order chi connectivity index (χ1) is 8.81. The van der Waals surface area contributed by atoms with Gasteiger partial charge in [-0.2, -0.15) is 0 Å². The van der Waals surface area contributed by atoms with Crippen LogP contribution in [-0.4, -0.2) is 36.8 Å². The van der Waals surface area contributed by atoms with E-state index in [1.165, 1.54) is 0 Å². The standard InChI is InChI=1S/C13H25N3O2/c1-4-6-12(18-5-2)13-15-10-11(16-13)9-14-7-8-17-3/h10,12,14H,4-9H2,1-3H3,(H,15,16). The summed E-state index contributed by atoms with van der Waals surface area (Å²) in [7, 11) is 1.70. The van der Waals surface area contributed by atoms with E-state index in [2.05, 4.69) is 22.2 Å². The molecule has 0 aliphatic rings. The third-order valence-electron chi connectivity index (χ3n) is 2.67. The maximum atomic E-state index is 5.69. The molecule has 0 saturated carbocycles. The van der Waals surface area contributed by atoms with Crippen molar-refractivity contribution in [1.29, 1.82) is 0 Å². The van der Waals surface area contributed by atoms with E-state index in [1.807, 2.05) is 13.1 Å². The number of hydrogen-bond donors (Lipinski definition) is 2. The van der Waals surface area contributed by atoms with E-state index in [4.69, 9.17) is 9.47 Å². The van der Waals surface area contributed by atoms with Crippen LogP contribution in [-0.2, 0) is 16.0 Å². The number of methoxy groups -OCH3 is 1. The number of rotatable bonds is 10. The van der Waals surface area contributed by atoms with E-state index >= 15 is 0 Å². The zero-order valence-electron chi connectivity index (χ0n) is 11.7. The van der Waals surface area contributed by atoms with Crippen LogP contribution in [0.4, 0.5) is 0 Å². The Morgan fingerprint density at radius 1 is 1.44 bits per heavy atom. The number of ether oxygens (including phenoxy) is 2. The Morgan fingerprint density at radius 2 is 2.28 bits per heavy atom. The highest BCUT2D eigenvalue weighted by atomic mass is 16.5. The molecule has 0 aromatic carbocycles. The molecule has 5 nitrogen and oxygen atoms in total. The number of hydrogen-bond acceptors (Lipinski definition) is 4. The summed E-state index contributed by atoms with van der Waals surface area (Å²) in [6.45, 7) is 7.22. The molecule has 1 unspecified atom stereocenters. The summed E-state index contributed by atoms with van der Waals surface area (Å²) in [5, 5.41) is 3.28. The minimum atomic E-state index is 0.0905. The molecule has 18 heavy (non-hydrogen) atoms. The van der Waals surface area contributed by atoms with Crippen LogP contribution in [0.15, 0.2) is 6.20 Å². The summed E-state index contributed by atoms with van der Waals surface area (Å²) in [6, 6.07) is 0. The van der Waals surface area contributed by atoms with Gasteiger partial charge in [-0.25, -0.2) is 4.98 Å². The lowest BCUT2D eigenvalue weighted by Crippen LogP contribution is -2.18. The topological polar surface area (TPSA) is 59.2 Å². The van der Waals surface area contributed by atoms with Crippen LogP contribution < -0.4 is 5.32 Å². The van der Waals surface area contributed by atoms with Crippen molar-refractivity contribution in [3.8, 4) is 0 Å². The highest BCUT2D eigenvalue weighted by Gasteiger charge is 2.13. The second-order valence-corrected chi connectivity index (χ2v) is 4.20. The Balaban J connectivity index is 2.44. The highest BCUT2D eigenvalue weighted by molar-refractivity contribution is 5.03. The Hall–Kier alpha value is -0.910. The average Bonchev–Trinajstić information content (AvgIpc) is 2.83. The Morgan fingerprint density at radius 3 is 2.94 bits per heavy atom. The summed E-state index contributed by atoms with van der Waals surface area (Å²) in [5.74, 6) is 0.933. The first-order valence-electron chi connectivity index (χ1n) is 6.66. The van der Waals surface area contributed by atoms with Crippen LogP contribution in [0.1, 0.15) is 44.3 Å². The molecule has 0 radical (unpaired) electrons. The Bertz CT molecular complexity index is 309. The molecule has 5 heteroatoms. The first-order valence-corrected chi connectivity index (χ1v) is 6.66. The molecule has 2 N–H and O–H groups in total. The van der Waals surface area contributed by atoms with Gasteiger partial charge in [0.1, 0.15) is 11.9 Å². The van der Waals surface area contributed by atoms with E-state index in [0.717, 1.165) is 44.1 Å². The zero-order chi connectivity index (χ0) is 13.2. The summed E-state index contributed by atoms with van der Waals surface area (Å²) in [4.78, 5) is 7.72. The molecular formula is C13H25N3O2. The molecule has 0 amide bonds. The minimum absolute atomic E-state index is 0.0905. The number of imidazole rings is 1. The van der Waals surface area contributed by atoms with E-state index < -0.39 is 0 Å². The van der Waals surface area contributed by atoms with Gasteiger partial charge >= 0.3 is 0 Å². The molecule has 0 spiro atoms. The monoisotopic (exact) mass is 255 g/mol. The fourth-order valence-electron chi connectivity index (χ4n) is 1.79. The van der Waals surface area contributed by atoms with Gasteiger partial charge in [0, 0.05) is 38.7 Å². The Labute approximate surface area is 109 Å². The molecule has 1 aromatic heterocycles. The van der Waals surface area contributed by atoms with E-state index in [-0.39, 0.29) is 6.10 Å². The zero-order valence-corrected chi connectivity index (χ0v) is 11.7. The highest BCUT2D eigenvalue weighted by Crippen LogP contribution is 2.19. The van der Waals surface area contributed by atoms with Crippen LogP contribution >= 0.6 is 0 Å². The van der Waals surface area contributed by atoms with E-state index in [9.17, 15) is 0 Å². The van der Waals surface area contributed by atoms with Gasteiger partial charge in [0.25, 0.3) is 0 Å². The van der Waals surface area contributed by atoms with Crippen LogP contribution in [0.25, 0.3) is 0 Å². The molecule has 0 fully saturated rings. The predicted octanol–water partition coefficient (Wildman–Crippen LogP) is 2.02. The van der Waals surface area contributed by atoms with Crippen molar-refractivity contribution in [3.63, 3.8) is 0 Å². The van der Waals surface area contributed by atoms with Gasteiger partial charge in [0.05, 0.1) is 6.61 Å². The number of nitrogens with zero attached hydrogens (tertiary/aromatic N) is 1. The van der Waals surface area contributed by atoms with Gasteiger partial charge in [-0.3, -0.25) is 0 Å². The van der Waals surface area contributed by atoms with Crippen molar-refractivity contribution in [2.75, 3.05) is 26.9 Å². The van der Waals surface area contributed by atoms with Crippen LogP contribution in [0, 0.1) is 0 Å². The number of aromatic nitrogens is 2. The van der Waals surface area contributed by atoms with Gasteiger partial charge < -0.3 is 19.8 Å². The lowest BCUT2D eigenvalue weighted by molar-refractivity contribution is 0.0499. The molecular weight excluding hydrogens is 230 g/mol. The molecule has 1 rings (SSSR count).